The van der Waals surface area contributed by atoms with Gasteiger partial charge in [0, 0.05) is 29.4 Å². The largest absolute Gasteiger partial charge is 0.507 e. The molecule has 0 radical (unpaired) electrons. The van der Waals surface area contributed by atoms with Crippen molar-refractivity contribution in [2.45, 2.75) is 38.8 Å². The molecule has 8 nitrogen and oxygen atoms in total. The van der Waals surface area contributed by atoms with E-state index in [0.717, 1.165) is 12.8 Å². The average Bonchev–Trinajstić information content (AvgIpc) is 3.53. The van der Waals surface area contributed by atoms with Gasteiger partial charge in [0.2, 0.25) is 5.75 Å². The van der Waals surface area contributed by atoms with E-state index < -0.39 is 5.43 Å². The number of nitrogens with one attached hydrogen (secondary N) is 2. The Labute approximate surface area is 178 Å². The number of urea groups is 1. The van der Waals surface area contributed by atoms with Gasteiger partial charge in [0.25, 0.3) is 0 Å². The number of anilines is 1. The molecule has 8 heteroatoms. The minimum atomic E-state index is -0.406. The van der Waals surface area contributed by atoms with Crippen LogP contribution in [0.25, 0.3) is 22.3 Å². The average molecular weight is 424 g/mol. The fourth-order valence-electron chi connectivity index (χ4n) is 3.21. The van der Waals surface area contributed by atoms with Crippen LogP contribution in [0.1, 0.15) is 26.7 Å². The van der Waals surface area contributed by atoms with Crippen LogP contribution in [-0.4, -0.2) is 30.4 Å². The van der Waals surface area contributed by atoms with Gasteiger partial charge < -0.3 is 29.6 Å². The van der Waals surface area contributed by atoms with Crippen LogP contribution in [0.2, 0.25) is 0 Å². The Balaban J connectivity index is 1.72. The Kier molecular flexibility index (Phi) is 5.46. The minimum absolute atomic E-state index is 0.0234. The molecule has 0 spiro atoms. The number of carbonyl (C=O) groups is 1. The number of carbonyl (C=O) groups excluding carboxylic acids is 1. The van der Waals surface area contributed by atoms with E-state index in [0.29, 0.717) is 17.0 Å². The summed E-state index contributed by atoms with van der Waals surface area (Å²) >= 11 is 0. The lowest BCUT2D eigenvalue weighted by atomic mass is 10.1. The first-order valence-corrected chi connectivity index (χ1v) is 10.1. The van der Waals surface area contributed by atoms with Crippen LogP contribution in [0.4, 0.5) is 10.5 Å². The molecule has 0 bridgehead atoms. The molecule has 31 heavy (non-hydrogen) atoms. The Morgan fingerprint density at radius 3 is 2.52 bits per heavy atom. The molecular weight excluding hydrogens is 400 g/mol. The number of hydrogen-bond acceptors (Lipinski definition) is 6. The van der Waals surface area contributed by atoms with Gasteiger partial charge in [-0.1, -0.05) is 0 Å². The molecule has 162 valence electrons. The van der Waals surface area contributed by atoms with Gasteiger partial charge in [-0.15, -0.1) is 0 Å². The fraction of sp³-hybridized carbons (Fsp3) is 0.304. The molecule has 0 unspecified atom stereocenters. The molecule has 0 atom stereocenters. The van der Waals surface area contributed by atoms with Crippen LogP contribution < -0.4 is 25.5 Å². The van der Waals surface area contributed by atoms with Crippen molar-refractivity contribution in [2.24, 2.45) is 0 Å². The summed E-state index contributed by atoms with van der Waals surface area (Å²) in [7, 11) is 1.45. The van der Waals surface area contributed by atoms with Crippen LogP contribution in [-0.2, 0) is 0 Å². The molecule has 3 aromatic rings. The third-order valence-corrected chi connectivity index (χ3v) is 4.81. The number of methoxy groups -OCH3 is 1. The quantitative estimate of drug-likeness (QED) is 0.546. The summed E-state index contributed by atoms with van der Waals surface area (Å²) in [5, 5.41) is 16.0. The SMILES string of the molecule is COc1cc(O)c2c(=O)cc(-c3ccc(NC(=O)NC4CC4)cc3)oc2c1OC(C)C. The van der Waals surface area contributed by atoms with Crippen molar-refractivity contribution in [3.05, 3.63) is 46.6 Å². The number of fused-ring (bicyclic) bond motifs is 1. The number of phenols is 1. The molecule has 4 rings (SSSR count). The second kappa shape index (κ2) is 8.22. The summed E-state index contributed by atoms with van der Waals surface area (Å²) in [5.41, 5.74) is 0.952. The number of amides is 2. The standard InChI is InChI=1S/C23H24N2O6/c1-12(2)30-21-19(29-3)11-17(27)20-16(26)10-18(31-22(20)21)13-4-6-14(7-5-13)24-23(28)25-15-8-9-15/h4-7,10-12,15,27H,8-9H2,1-3H3,(H2,24,25,28). The first kappa shape index (κ1) is 20.6. The molecule has 1 fully saturated rings. The van der Waals surface area contributed by atoms with Crippen molar-refractivity contribution in [1.29, 1.82) is 0 Å². The molecule has 1 aliphatic carbocycles. The maximum atomic E-state index is 12.8. The Morgan fingerprint density at radius 1 is 1.19 bits per heavy atom. The van der Waals surface area contributed by atoms with E-state index in [9.17, 15) is 14.7 Å². The zero-order chi connectivity index (χ0) is 22.1. The van der Waals surface area contributed by atoms with Gasteiger partial charge in [0.15, 0.2) is 16.8 Å². The van der Waals surface area contributed by atoms with Crippen LogP contribution in [0, 0.1) is 0 Å². The molecule has 1 aromatic heterocycles. The van der Waals surface area contributed by atoms with Crippen molar-refractivity contribution in [3.8, 4) is 28.6 Å². The highest BCUT2D eigenvalue weighted by molar-refractivity contribution is 5.92. The van der Waals surface area contributed by atoms with E-state index >= 15 is 0 Å². The Bertz CT molecular complexity index is 1180. The zero-order valence-electron chi connectivity index (χ0n) is 17.5. The molecule has 3 N–H and O–H groups in total. The predicted octanol–water partition coefficient (Wildman–Crippen LogP) is 4.25. The molecule has 0 aliphatic heterocycles. The van der Waals surface area contributed by atoms with E-state index in [1.165, 1.54) is 19.2 Å². The van der Waals surface area contributed by atoms with Crippen LogP contribution in [0.15, 0.2) is 45.6 Å². The smallest absolute Gasteiger partial charge is 0.319 e. The lowest BCUT2D eigenvalue weighted by molar-refractivity contribution is 0.229. The number of benzene rings is 2. The van der Waals surface area contributed by atoms with Crippen molar-refractivity contribution in [2.75, 3.05) is 12.4 Å². The highest BCUT2D eigenvalue weighted by atomic mass is 16.5. The van der Waals surface area contributed by atoms with Gasteiger partial charge in [0.1, 0.15) is 16.9 Å². The predicted molar refractivity (Wildman–Crippen MR) is 117 cm³/mol. The van der Waals surface area contributed by atoms with Crippen molar-refractivity contribution < 1.29 is 23.8 Å². The number of aromatic hydroxyl groups is 1. The van der Waals surface area contributed by atoms with Gasteiger partial charge in [-0.2, -0.15) is 0 Å². The van der Waals surface area contributed by atoms with Gasteiger partial charge in [-0.05, 0) is 51.0 Å². The molecular formula is C23H24N2O6. The highest BCUT2D eigenvalue weighted by Crippen LogP contribution is 2.41. The van der Waals surface area contributed by atoms with E-state index in [4.69, 9.17) is 13.9 Å². The maximum absolute atomic E-state index is 12.8. The van der Waals surface area contributed by atoms with Crippen molar-refractivity contribution in [1.82, 2.24) is 5.32 Å². The first-order valence-electron chi connectivity index (χ1n) is 10.1. The van der Waals surface area contributed by atoms with Crippen LogP contribution >= 0.6 is 0 Å². The van der Waals surface area contributed by atoms with E-state index in [-0.39, 0.29) is 46.4 Å². The van der Waals surface area contributed by atoms with Crippen molar-refractivity contribution >= 4 is 22.7 Å². The Hall–Kier alpha value is -3.68. The molecule has 1 aliphatic rings. The second-order valence-corrected chi connectivity index (χ2v) is 7.72. The number of phenolic OH excluding ortho intramolecular Hbond substituents is 1. The molecule has 2 aromatic carbocycles. The zero-order valence-corrected chi connectivity index (χ0v) is 17.5. The fourth-order valence-corrected chi connectivity index (χ4v) is 3.21. The van der Waals surface area contributed by atoms with Gasteiger partial charge >= 0.3 is 6.03 Å². The minimum Gasteiger partial charge on any atom is -0.507 e. The normalized spacial score (nSPS) is 13.3. The van der Waals surface area contributed by atoms with E-state index in [1.807, 2.05) is 13.8 Å². The summed E-state index contributed by atoms with van der Waals surface area (Å²) in [6.07, 6.45) is 1.81. The third-order valence-electron chi connectivity index (χ3n) is 4.81. The molecule has 2 amide bonds. The monoisotopic (exact) mass is 424 g/mol. The van der Waals surface area contributed by atoms with Gasteiger partial charge in [0.05, 0.1) is 13.2 Å². The summed E-state index contributed by atoms with van der Waals surface area (Å²) in [4.78, 5) is 24.7. The van der Waals surface area contributed by atoms with E-state index in [1.54, 1.807) is 24.3 Å². The first-order chi connectivity index (χ1) is 14.9. The Morgan fingerprint density at radius 2 is 1.90 bits per heavy atom. The number of ether oxygens (including phenoxy) is 2. The van der Waals surface area contributed by atoms with Gasteiger partial charge in [-0.3, -0.25) is 4.79 Å². The molecule has 0 saturated heterocycles. The maximum Gasteiger partial charge on any atom is 0.319 e. The van der Waals surface area contributed by atoms with E-state index in [2.05, 4.69) is 10.6 Å². The summed E-state index contributed by atoms with van der Waals surface area (Å²) in [6, 6.07) is 9.59. The van der Waals surface area contributed by atoms with Crippen LogP contribution in [0.3, 0.4) is 0 Å². The molecule has 1 saturated carbocycles. The summed E-state index contributed by atoms with van der Waals surface area (Å²) in [5.74, 6) is 0.566. The highest BCUT2D eigenvalue weighted by Gasteiger charge is 2.23. The summed E-state index contributed by atoms with van der Waals surface area (Å²) in [6.45, 7) is 3.68. The second-order valence-electron chi connectivity index (χ2n) is 7.72. The van der Waals surface area contributed by atoms with Gasteiger partial charge in [-0.25, -0.2) is 4.79 Å². The topological polar surface area (TPSA) is 110 Å². The molecule has 1 heterocycles. The lowest BCUT2D eigenvalue weighted by Crippen LogP contribution is -2.30. The summed E-state index contributed by atoms with van der Waals surface area (Å²) < 4.78 is 17.1. The third kappa shape index (κ3) is 4.42. The van der Waals surface area contributed by atoms with Crippen LogP contribution in [0.5, 0.6) is 17.2 Å². The van der Waals surface area contributed by atoms with Crippen molar-refractivity contribution in [3.63, 3.8) is 0 Å². The number of hydrogen-bond donors (Lipinski definition) is 3. The number of rotatable bonds is 6. The lowest BCUT2D eigenvalue weighted by Gasteiger charge is -2.16.